The Kier molecular flexibility index (Phi) is 5.93. The number of carbonyl (C=O) groups is 3. The number of hydrogen-bond acceptors (Lipinski definition) is 4. The van der Waals surface area contributed by atoms with Gasteiger partial charge in [-0.05, 0) is 28.7 Å². The van der Waals surface area contributed by atoms with Crippen LogP contribution in [-0.2, 0) is 14.3 Å². The largest absolute Gasteiger partial charge is 0.481 e. The second-order valence-corrected chi connectivity index (χ2v) is 8.22. The molecule has 1 aliphatic carbocycles. The molecule has 7 heteroatoms. The van der Waals surface area contributed by atoms with Gasteiger partial charge in [0.25, 0.3) is 0 Å². The minimum absolute atomic E-state index is 0.00671. The molecule has 2 aliphatic rings. The Morgan fingerprint density at radius 1 is 1.06 bits per heavy atom. The molecule has 0 saturated carbocycles. The highest BCUT2D eigenvalue weighted by molar-refractivity contribution is 5.82. The van der Waals surface area contributed by atoms with Crippen LogP contribution in [0.2, 0.25) is 0 Å². The van der Waals surface area contributed by atoms with E-state index >= 15 is 0 Å². The molecule has 1 fully saturated rings. The molecule has 0 spiro atoms. The minimum Gasteiger partial charge on any atom is -0.481 e. The fourth-order valence-corrected chi connectivity index (χ4v) is 4.29. The highest BCUT2D eigenvalue weighted by Gasteiger charge is 2.37. The summed E-state index contributed by atoms with van der Waals surface area (Å²) in [6.45, 7) is 2.88. The van der Waals surface area contributed by atoms with Gasteiger partial charge < -0.3 is 20.1 Å². The van der Waals surface area contributed by atoms with Gasteiger partial charge in [-0.15, -0.1) is 0 Å². The van der Waals surface area contributed by atoms with Crippen molar-refractivity contribution in [2.75, 3.05) is 26.2 Å². The van der Waals surface area contributed by atoms with E-state index in [1.807, 2.05) is 24.3 Å². The van der Waals surface area contributed by atoms with E-state index < -0.39 is 18.0 Å². The van der Waals surface area contributed by atoms with Crippen LogP contribution in [0.15, 0.2) is 48.5 Å². The predicted molar refractivity (Wildman–Crippen MR) is 115 cm³/mol. The van der Waals surface area contributed by atoms with Crippen LogP contribution < -0.4 is 5.32 Å². The number of rotatable bonds is 7. The number of carbonyl (C=O) groups excluding carboxylic acids is 2. The van der Waals surface area contributed by atoms with Crippen molar-refractivity contribution in [2.45, 2.75) is 19.3 Å². The summed E-state index contributed by atoms with van der Waals surface area (Å²) in [6, 6.07) is 16.3. The predicted octanol–water partition coefficient (Wildman–Crippen LogP) is 3.09. The van der Waals surface area contributed by atoms with E-state index in [1.54, 1.807) is 11.8 Å². The molecular formula is C24H26N2O5. The van der Waals surface area contributed by atoms with E-state index in [4.69, 9.17) is 9.84 Å². The molecule has 2 amide bonds. The van der Waals surface area contributed by atoms with Crippen molar-refractivity contribution in [1.82, 2.24) is 10.2 Å². The normalized spacial score (nSPS) is 16.1. The van der Waals surface area contributed by atoms with Gasteiger partial charge in [0, 0.05) is 31.5 Å². The quantitative estimate of drug-likeness (QED) is 0.715. The fourth-order valence-electron chi connectivity index (χ4n) is 4.29. The second-order valence-electron chi connectivity index (χ2n) is 8.22. The summed E-state index contributed by atoms with van der Waals surface area (Å²) in [5, 5.41) is 11.6. The third-order valence-electron chi connectivity index (χ3n) is 6.15. The van der Waals surface area contributed by atoms with Crippen molar-refractivity contribution in [2.24, 2.45) is 11.8 Å². The number of ether oxygens (including phenoxy) is 1. The highest BCUT2D eigenvalue weighted by Crippen LogP contribution is 2.44. The van der Waals surface area contributed by atoms with E-state index in [2.05, 4.69) is 29.6 Å². The monoisotopic (exact) mass is 422 g/mol. The van der Waals surface area contributed by atoms with Crippen LogP contribution in [0.5, 0.6) is 0 Å². The highest BCUT2D eigenvalue weighted by atomic mass is 16.5. The molecule has 0 aromatic heterocycles. The van der Waals surface area contributed by atoms with Gasteiger partial charge in [0.1, 0.15) is 6.61 Å². The number of nitrogens with one attached hydrogen (secondary N) is 1. The average Bonchev–Trinajstić information content (AvgIpc) is 3.04. The zero-order valence-corrected chi connectivity index (χ0v) is 17.4. The molecule has 2 aromatic rings. The molecular weight excluding hydrogens is 396 g/mol. The van der Waals surface area contributed by atoms with Crippen LogP contribution >= 0.6 is 0 Å². The fraction of sp³-hybridized carbons (Fsp3) is 0.375. The molecule has 7 nitrogen and oxygen atoms in total. The lowest BCUT2D eigenvalue weighted by Crippen LogP contribution is -2.54. The molecule has 2 N–H and O–H groups in total. The Balaban J connectivity index is 1.23. The van der Waals surface area contributed by atoms with Gasteiger partial charge in [-0.3, -0.25) is 9.59 Å². The zero-order chi connectivity index (χ0) is 22.0. The maximum Gasteiger partial charge on any atom is 0.407 e. The van der Waals surface area contributed by atoms with Crippen molar-refractivity contribution >= 4 is 18.0 Å². The van der Waals surface area contributed by atoms with Crippen molar-refractivity contribution in [3.8, 4) is 11.1 Å². The van der Waals surface area contributed by atoms with Gasteiger partial charge in [0.15, 0.2) is 0 Å². The number of likely N-dealkylation sites (tertiary alicyclic amines) is 1. The van der Waals surface area contributed by atoms with E-state index in [-0.39, 0.29) is 37.4 Å². The van der Waals surface area contributed by atoms with Crippen molar-refractivity contribution in [3.05, 3.63) is 59.7 Å². The lowest BCUT2D eigenvalue weighted by atomic mass is 9.97. The summed E-state index contributed by atoms with van der Waals surface area (Å²) in [7, 11) is 0. The lowest BCUT2D eigenvalue weighted by Gasteiger charge is -2.38. The van der Waals surface area contributed by atoms with E-state index in [9.17, 15) is 14.4 Å². The molecule has 1 saturated heterocycles. The molecule has 1 atom stereocenters. The summed E-state index contributed by atoms with van der Waals surface area (Å²) < 4.78 is 5.49. The molecule has 2 aromatic carbocycles. The van der Waals surface area contributed by atoms with Crippen LogP contribution in [-0.4, -0.2) is 54.2 Å². The van der Waals surface area contributed by atoms with Gasteiger partial charge in [-0.2, -0.15) is 0 Å². The van der Waals surface area contributed by atoms with Crippen LogP contribution in [0.1, 0.15) is 30.4 Å². The van der Waals surface area contributed by atoms with E-state index in [1.165, 1.54) is 11.1 Å². The van der Waals surface area contributed by atoms with Gasteiger partial charge >= 0.3 is 12.1 Å². The zero-order valence-electron chi connectivity index (χ0n) is 17.4. The van der Waals surface area contributed by atoms with Crippen molar-refractivity contribution in [1.29, 1.82) is 0 Å². The maximum atomic E-state index is 12.3. The minimum atomic E-state index is -0.867. The van der Waals surface area contributed by atoms with Gasteiger partial charge in [0.05, 0.1) is 5.92 Å². The summed E-state index contributed by atoms with van der Waals surface area (Å²) >= 11 is 0. The Morgan fingerprint density at radius 3 is 2.23 bits per heavy atom. The Bertz CT molecular complexity index is 953. The first kappa shape index (κ1) is 20.9. The third-order valence-corrected chi connectivity index (χ3v) is 6.15. The van der Waals surface area contributed by atoms with Crippen molar-refractivity contribution < 1.29 is 24.2 Å². The Morgan fingerprint density at radius 2 is 1.65 bits per heavy atom. The number of carboxylic acids is 1. The average molecular weight is 422 g/mol. The topological polar surface area (TPSA) is 95.9 Å². The standard InChI is InChI=1S/C24H26N2O5/c1-15(22(27)26-12-16(13-26)23(28)29)10-11-25-24(30)31-14-21-19-8-4-2-6-17(19)18-7-3-5-9-20(18)21/h2-9,15-16,21H,10-14H2,1H3,(H,25,30)(H,28,29). The third kappa shape index (κ3) is 4.26. The first-order chi connectivity index (χ1) is 15.0. The molecule has 1 unspecified atom stereocenters. The number of nitrogens with zero attached hydrogens (tertiary/aromatic N) is 1. The smallest absolute Gasteiger partial charge is 0.407 e. The number of amides is 2. The number of carboxylic acid groups (broad SMARTS) is 1. The van der Waals surface area contributed by atoms with Crippen LogP contribution in [0, 0.1) is 11.8 Å². The first-order valence-corrected chi connectivity index (χ1v) is 10.6. The van der Waals surface area contributed by atoms with Crippen LogP contribution in [0.4, 0.5) is 4.79 Å². The summed E-state index contributed by atoms with van der Waals surface area (Å²) in [5.74, 6) is -1.69. The van der Waals surface area contributed by atoms with E-state index in [0.29, 0.717) is 13.0 Å². The van der Waals surface area contributed by atoms with Gasteiger partial charge in [0.2, 0.25) is 5.91 Å². The molecule has 1 aliphatic heterocycles. The number of fused-ring (bicyclic) bond motifs is 3. The SMILES string of the molecule is CC(CCNC(=O)OCC1c2ccccc2-c2ccccc21)C(=O)N1CC(C(=O)O)C1. The van der Waals surface area contributed by atoms with Crippen molar-refractivity contribution in [3.63, 3.8) is 0 Å². The lowest BCUT2D eigenvalue weighted by molar-refractivity contribution is -0.154. The summed E-state index contributed by atoms with van der Waals surface area (Å²) in [4.78, 5) is 36.9. The molecule has 162 valence electrons. The number of alkyl carbamates (subject to hydrolysis) is 1. The molecule has 0 radical (unpaired) electrons. The second kappa shape index (κ2) is 8.79. The number of benzene rings is 2. The Labute approximate surface area is 181 Å². The van der Waals surface area contributed by atoms with Crippen LogP contribution in [0.25, 0.3) is 11.1 Å². The number of aliphatic carboxylic acids is 1. The molecule has 0 bridgehead atoms. The Hall–Kier alpha value is -3.35. The summed E-state index contributed by atoms with van der Waals surface area (Å²) in [5.41, 5.74) is 4.67. The van der Waals surface area contributed by atoms with Gasteiger partial charge in [-0.1, -0.05) is 55.5 Å². The molecule has 4 rings (SSSR count). The molecule has 1 heterocycles. The maximum absolute atomic E-state index is 12.3. The van der Waals surface area contributed by atoms with E-state index in [0.717, 1.165) is 11.1 Å². The summed E-state index contributed by atoms with van der Waals surface area (Å²) in [6.07, 6.45) is -0.0338. The van der Waals surface area contributed by atoms with Crippen LogP contribution in [0.3, 0.4) is 0 Å². The molecule has 31 heavy (non-hydrogen) atoms. The number of hydrogen-bond donors (Lipinski definition) is 2. The van der Waals surface area contributed by atoms with Gasteiger partial charge in [-0.25, -0.2) is 4.79 Å². The first-order valence-electron chi connectivity index (χ1n) is 10.6.